The van der Waals surface area contributed by atoms with Crippen LogP contribution in [-0.2, 0) is 32.8 Å². The zero-order valence-electron chi connectivity index (χ0n) is 20.5. The zero-order valence-corrected chi connectivity index (χ0v) is 20.5. The molecule has 3 aromatic carbocycles. The van der Waals surface area contributed by atoms with Gasteiger partial charge in [-0.25, -0.2) is 0 Å². The first-order chi connectivity index (χ1) is 17.4. The number of nitrogens with one attached hydrogen (secondary N) is 2. The van der Waals surface area contributed by atoms with Gasteiger partial charge in [0.15, 0.2) is 0 Å². The average Bonchev–Trinajstić information content (AvgIpc) is 3.46. The molecule has 3 heterocycles. The summed E-state index contributed by atoms with van der Waals surface area (Å²) in [5, 5.41) is 6.61. The van der Waals surface area contributed by atoms with Crippen molar-refractivity contribution in [2.45, 2.75) is 38.3 Å². The van der Waals surface area contributed by atoms with Crippen molar-refractivity contribution in [1.29, 1.82) is 0 Å². The molecule has 2 fully saturated rings. The predicted octanol–water partition coefficient (Wildman–Crippen LogP) is 3.51. The van der Waals surface area contributed by atoms with E-state index in [0.29, 0.717) is 19.4 Å². The van der Waals surface area contributed by atoms with Crippen LogP contribution < -0.4 is 10.6 Å². The minimum atomic E-state index is -1.26. The van der Waals surface area contributed by atoms with Crippen LogP contribution in [0, 0.1) is 25.7 Å². The van der Waals surface area contributed by atoms with Gasteiger partial charge < -0.3 is 5.32 Å². The Morgan fingerprint density at radius 1 is 0.833 bits per heavy atom. The number of rotatable bonds is 5. The predicted molar refractivity (Wildman–Crippen MR) is 137 cm³/mol. The Morgan fingerprint density at radius 3 is 2.19 bits per heavy atom. The molecule has 2 saturated heterocycles. The van der Waals surface area contributed by atoms with Crippen molar-refractivity contribution in [3.63, 3.8) is 0 Å². The van der Waals surface area contributed by atoms with Gasteiger partial charge in [-0.2, -0.15) is 0 Å². The van der Waals surface area contributed by atoms with E-state index in [4.69, 9.17) is 0 Å². The van der Waals surface area contributed by atoms with Gasteiger partial charge in [-0.15, -0.1) is 0 Å². The maximum absolute atomic E-state index is 14.0. The SMILES string of the molecule is Cc1ccc2c(c1C)NC(=O)[C@]21N[C@@H](Cc2ccccc2)[C@H]2C(=O)N(CCc3ccccc3)C(=O)[C@H]21. The highest BCUT2D eigenvalue weighted by Gasteiger charge is 2.70. The molecule has 0 radical (unpaired) electrons. The van der Waals surface area contributed by atoms with E-state index in [1.165, 1.54) is 4.90 Å². The van der Waals surface area contributed by atoms with Gasteiger partial charge in [-0.1, -0.05) is 72.8 Å². The monoisotopic (exact) mass is 479 g/mol. The molecule has 1 spiro atoms. The quantitative estimate of drug-likeness (QED) is 0.549. The third-order valence-corrected chi connectivity index (χ3v) is 8.28. The topological polar surface area (TPSA) is 78.5 Å². The molecule has 4 atom stereocenters. The first kappa shape index (κ1) is 22.7. The highest BCUT2D eigenvalue weighted by molar-refractivity contribution is 6.15. The Morgan fingerprint density at radius 2 is 1.50 bits per heavy atom. The zero-order chi connectivity index (χ0) is 25.0. The van der Waals surface area contributed by atoms with E-state index in [1.54, 1.807) is 0 Å². The van der Waals surface area contributed by atoms with Gasteiger partial charge in [0.05, 0.1) is 11.8 Å². The lowest BCUT2D eigenvalue weighted by Crippen LogP contribution is -2.53. The van der Waals surface area contributed by atoms with Crippen LogP contribution in [0.25, 0.3) is 0 Å². The average molecular weight is 480 g/mol. The molecule has 6 nitrogen and oxygen atoms in total. The fourth-order valence-electron chi connectivity index (χ4n) is 6.33. The molecule has 36 heavy (non-hydrogen) atoms. The second-order valence-corrected chi connectivity index (χ2v) is 10.2. The van der Waals surface area contributed by atoms with Crippen molar-refractivity contribution in [3.8, 4) is 0 Å². The molecule has 6 heteroatoms. The number of amides is 3. The van der Waals surface area contributed by atoms with Gasteiger partial charge in [-0.05, 0) is 48.9 Å². The molecule has 2 N–H and O–H groups in total. The lowest BCUT2D eigenvalue weighted by molar-refractivity contribution is -0.142. The van der Waals surface area contributed by atoms with Crippen molar-refractivity contribution in [2.24, 2.45) is 11.8 Å². The number of nitrogens with zero attached hydrogens (tertiary/aromatic N) is 1. The summed E-state index contributed by atoms with van der Waals surface area (Å²) in [7, 11) is 0. The molecule has 3 aliphatic rings. The second-order valence-electron chi connectivity index (χ2n) is 10.2. The summed E-state index contributed by atoms with van der Waals surface area (Å²) >= 11 is 0. The Balaban J connectivity index is 1.42. The number of hydrogen-bond donors (Lipinski definition) is 2. The molecule has 0 aromatic heterocycles. The van der Waals surface area contributed by atoms with Crippen molar-refractivity contribution in [1.82, 2.24) is 10.2 Å². The second kappa shape index (κ2) is 8.42. The number of benzene rings is 3. The summed E-state index contributed by atoms with van der Waals surface area (Å²) in [5.74, 6) is -2.08. The van der Waals surface area contributed by atoms with Crippen LogP contribution >= 0.6 is 0 Å². The minimum absolute atomic E-state index is 0.184. The van der Waals surface area contributed by atoms with Gasteiger partial charge in [0, 0.05) is 23.8 Å². The van der Waals surface area contributed by atoms with Crippen LogP contribution in [0.5, 0.6) is 0 Å². The smallest absolute Gasteiger partial charge is 0.250 e. The first-order valence-electron chi connectivity index (χ1n) is 12.5. The van der Waals surface area contributed by atoms with Crippen LogP contribution in [0.2, 0.25) is 0 Å². The standard InChI is InChI=1S/C30H29N3O3/c1-18-13-14-22-26(19(18)2)31-29(36)30(22)25-24(23(32-30)17-21-11-7-4-8-12-21)27(34)33(28(25)35)16-15-20-9-5-3-6-10-20/h3-14,23-25,32H,15-17H2,1-2H3,(H,31,36)/t23-,24+,25-,30-/m0/s1. The van der Waals surface area contributed by atoms with Crippen LogP contribution in [0.3, 0.4) is 0 Å². The van der Waals surface area contributed by atoms with E-state index >= 15 is 0 Å². The number of carbonyl (C=O) groups excluding carboxylic acids is 3. The molecule has 0 bridgehead atoms. The Bertz CT molecular complexity index is 1370. The van der Waals surface area contributed by atoms with Crippen LogP contribution in [0.1, 0.15) is 27.8 Å². The summed E-state index contributed by atoms with van der Waals surface area (Å²) in [6, 6.07) is 23.4. The summed E-state index contributed by atoms with van der Waals surface area (Å²) in [4.78, 5) is 42.9. The molecule has 3 amide bonds. The number of anilines is 1. The van der Waals surface area contributed by atoms with E-state index in [9.17, 15) is 14.4 Å². The van der Waals surface area contributed by atoms with E-state index in [1.807, 2.05) is 86.6 Å². The summed E-state index contributed by atoms with van der Waals surface area (Å²) in [5.41, 5.74) is 4.46. The number of aryl methyl sites for hydroxylation is 1. The Kier molecular flexibility index (Phi) is 5.30. The van der Waals surface area contributed by atoms with Gasteiger partial charge >= 0.3 is 0 Å². The highest BCUT2D eigenvalue weighted by Crippen LogP contribution is 2.54. The fraction of sp³-hybridized carbons (Fsp3) is 0.300. The molecule has 6 rings (SSSR count). The molecular formula is C30H29N3O3. The van der Waals surface area contributed by atoms with Gasteiger partial charge in [0.1, 0.15) is 5.54 Å². The number of hydrogen-bond acceptors (Lipinski definition) is 4. The first-order valence-corrected chi connectivity index (χ1v) is 12.5. The van der Waals surface area contributed by atoms with E-state index < -0.39 is 17.4 Å². The molecule has 182 valence electrons. The molecular weight excluding hydrogens is 450 g/mol. The summed E-state index contributed by atoms with van der Waals surface area (Å²) in [6.45, 7) is 4.30. The van der Waals surface area contributed by atoms with Crippen molar-refractivity contribution >= 4 is 23.4 Å². The molecule has 0 aliphatic carbocycles. The van der Waals surface area contributed by atoms with Gasteiger partial charge in [-0.3, -0.25) is 24.6 Å². The van der Waals surface area contributed by atoms with Crippen molar-refractivity contribution < 1.29 is 14.4 Å². The number of fused-ring (bicyclic) bond motifs is 4. The van der Waals surface area contributed by atoms with E-state index in [-0.39, 0.29) is 23.8 Å². The lowest BCUT2D eigenvalue weighted by atomic mass is 9.75. The summed E-state index contributed by atoms with van der Waals surface area (Å²) in [6.07, 6.45) is 1.14. The largest absolute Gasteiger partial charge is 0.324 e. The Labute approximate surface area is 210 Å². The van der Waals surface area contributed by atoms with Crippen LogP contribution in [0.15, 0.2) is 72.8 Å². The number of imide groups is 1. The van der Waals surface area contributed by atoms with Crippen molar-refractivity contribution in [3.05, 3.63) is 101 Å². The normalized spacial score (nSPS) is 26.4. The molecule has 0 unspecified atom stereocenters. The van der Waals surface area contributed by atoms with E-state index in [2.05, 4.69) is 10.6 Å². The highest BCUT2D eigenvalue weighted by atomic mass is 16.2. The molecule has 3 aliphatic heterocycles. The molecule has 0 saturated carbocycles. The van der Waals surface area contributed by atoms with Gasteiger partial charge in [0.2, 0.25) is 17.7 Å². The van der Waals surface area contributed by atoms with Crippen LogP contribution in [0.4, 0.5) is 5.69 Å². The number of carbonyl (C=O) groups is 3. The summed E-state index contributed by atoms with van der Waals surface area (Å²) < 4.78 is 0. The third-order valence-electron chi connectivity index (χ3n) is 8.28. The Hall–Kier alpha value is -3.77. The number of likely N-dealkylation sites (tertiary alicyclic amines) is 1. The third kappa shape index (κ3) is 3.24. The fourth-order valence-corrected chi connectivity index (χ4v) is 6.33. The lowest BCUT2D eigenvalue weighted by Gasteiger charge is -2.29. The van der Waals surface area contributed by atoms with Crippen molar-refractivity contribution in [2.75, 3.05) is 11.9 Å². The minimum Gasteiger partial charge on any atom is -0.324 e. The maximum Gasteiger partial charge on any atom is 0.250 e. The van der Waals surface area contributed by atoms with E-state index in [0.717, 1.165) is 33.5 Å². The van der Waals surface area contributed by atoms with Gasteiger partial charge in [0.25, 0.3) is 0 Å². The van der Waals surface area contributed by atoms with Crippen LogP contribution in [-0.4, -0.2) is 35.2 Å². The maximum atomic E-state index is 14.0. The molecule has 3 aromatic rings.